The predicted molar refractivity (Wildman–Crippen MR) is 208 cm³/mol. The summed E-state index contributed by atoms with van der Waals surface area (Å²) < 4.78 is 33.8. The van der Waals surface area contributed by atoms with Gasteiger partial charge in [0.15, 0.2) is 6.10 Å². The number of quaternary nitrogens is 1. The number of ether oxygens (including phenoxy) is 2. The van der Waals surface area contributed by atoms with Gasteiger partial charge in [-0.3, -0.25) is 14.2 Å². The predicted octanol–water partition coefficient (Wildman–Crippen LogP) is 10.8. The fourth-order valence-corrected chi connectivity index (χ4v) is 6.44. The van der Waals surface area contributed by atoms with Crippen molar-refractivity contribution in [1.29, 1.82) is 0 Å². The highest BCUT2D eigenvalue weighted by molar-refractivity contribution is 7.45. The van der Waals surface area contributed by atoms with Crippen LogP contribution in [-0.4, -0.2) is 70.0 Å². The van der Waals surface area contributed by atoms with Crippen molar-refractivity contribution in [3.8, 4) is 0 Å². The third-order valence-electron chi connectivity index (χ3n) is 9.04. The number of hydrogen-bond acceptors (Lipinski definition) is 8. The molecule has 9 nitrogen and oxygen atoms in total. The van der Waals surface area contributed by atoms with Gasteiger partial charge in [0.1, 0.15) is 19.8 Å². The molecule has 1 unspecified atom stereocenters. The number of nitrogens with zero attached hydrogens (tertiary/aromatic N) is 1. The second-order valence-electron chi connectivity index (χ2n) is 15.4. The molecule has 0 saturated carbocycles. The molecule has 0 saturated heterocycles. The minimum absolute atomic E-state index is 0.0283. The summed E-state index contributed by atoms with van der Waals surface area (Å²) in [7, 11) is 1.17. The molecule has 0 aromatic carbocycles. The average Bonchev–Trinajstić information content (AvgIpc) is 3.07. The number of allylic oxidation sites excluding steroid dienone is 2. The molecule has 0 bridgehead atoms. The molecule has 0 radical (unpaired) electrons. The van der Waals surface area contributed by atoms with E-state index >= 15 is 0 Å². The van der Waals surface area contributed by atoms with Crippen molar-refractivity contribution in [1.82, 2.24) is 0 Å². The second-order valence-corrected chi connectivity index (χ2v) is 16.8. The van der Waals surface area contributed by atoms with Gasteiger partial charge in [0.05, 0.1) is 27.7 Å². The van der Waals surface area contributed by atoms with Crippen molar-refractivity contribution < 1.29 is 42.1 Å². The lowest BCUT2D eigenvalue weighted by Gasteiger charge is -2.28. The van der Waals surface area contributed by atoms with E-state index in [2.05, 4.69) is 26.0 Å². The van der Waals surface area contributed by atoms with Gasteiger partial charge < -0.3 is 27.9 Å². The maximum atomic E-state index is 12.6. The molecule has 2 atom stereocenters. The minimum Gasteiger partial charge on any atom is -0.756 e. The highest BCUT2D eigenvalue weighted by Gasteiger charge is 2.21. The van der Waals surface area contributed by atoms with Crippen LogP contribution >= 0.6 is 7.82 Å². The van der Waals surface area contributed by atoms with Crippen molar-refractivity contribution in [2.75, 3.05) is 47.5 Å². The highest BCUT2D eigenvalue weighted by Crippen LogP contribution is 2.38. The quantitative estimate of drug-likeness (QED) is 0.0202. The summed E-state index contributed by atoms with van der Waals surface area (Å²) >= 11 is 0. The zero-order valence-corrected chi connectivity index (χ0v) is 34.7. The van der Waals surface area contributed by atoms with E-state index in [9.17, 15) is 19.0 Å². The summed E-state index contributed by atoms with van der Waals surface area (Å²) in [6.07, 6.45) is 33.8. The highest BCUT2D eigenvalue weighted by atomic mass is 31.2. The molecule has 0 aliphatic heterocycles. The fraction of sp³-hybridized carbons (Fsp3) is 0.902. The first-order chi connectivity index (χ1) is 24.5. The monoisotopic (exact) mass is 746 g/mol. The van der Waals surface area contributed by atoms with Crippen LogP contribution in [0.3, 0.4) is 0 Å². The average molecular weight is 746 g/mol. The topological polar surface area (TPSA) is 111 Å². The number of carbonyl (C=O) groups is 2. The van der Waals surface area contributed by atoms with Gasteiger partial charge in [0, 0.05) is 12.8 Å². The Morgan fingerprint density at radius 2 is 1.00 bits per heavy atom. The molecule has 0 heterocycles. The molecule has 0 N–H and O–H groups in total. The third-order valence-corrected chi connectivity index (χ3v) is 10.00. The van der Waals surface area contributed by atoms with Crippen molar-refractivity contribution in [3.63, 3.8) is 0 Å². The zero-order valence-electron chi connectivity index (χ0n) is 33.8. The standard InChI is InChI=1S/C41H80NO8P/c1-6-8-10-12-14-16-18-19-20-21-22-23-24-26-28-30-32-34-41(44)50-39(38-49-51(45,46)48-36-35-42(3,4)5)37-47-40(43)33-31-29-27-25-17-15-13-11-9-7-2/h16,18,39H,6-15,17,19-38H2,1-5H3/b18-16+/t39-/m1/s1. The van der Waals surface area contributed by atoms with Gasteiger partial charge in [-0.1, -0.05) is 148 Å². The number of phosphoric ester groups is 1. The molecule has 10 heteroatoms. The van der Waals surface area contributed by atoms with Crippen LogP contribution in [0.25, 0.3) is 0 Å². The lowest BCUT2D eigenvalue weighted by atomic mass is 10.1. The van der Waals surface area contributed by atoms with E-state index in [-0.39, 0.29) is 32.0 Å². The second kappa shape index (κ2) is 34.5. The van der Waals surface area contributed by atoms with E-state index in [0.717, 1.165) is 38.5 Å². The van der Waals surface area contributed by atoms with Gasteiger partial charge in [-0.25, -0.2) is 0 Å². The molecule has 0 aromatic heterocycles. The van der Waals surface area contributed by atoms with E-state index in [1.165, 1.54) is 116 Å². The molecule has 302 valence electrons. The lowest BCUT2D eigenvalue weighted by molar-refractivity contribution is -0.870. The molecule has 0 fully saturated rings. The van der Waals surface area contributed by atoms with Crippen LogP contribution < -0.4 is 4.89 Å². The third kappa shape index (κ3) is 38.3. The normalized spacial score (nSPS) is 13.8. The Bertz CT molecular complexity index is 891. The number of esters is 2. The maximum Gasteiger partial charge on any atom is 0.306 e. The molecule has 0 amide bonds. The van der Waals surface area contributed by atoms with Gasteiger partial charge in [0.2, 0.25) is 0 Å². The largest absolute Gasteiger partial charge is 0.756 e. The lowest BCUT2D eigenvalue weighted by Crippen LogP contribution is -2.37. The summed E-state index contributed by atoms with van der Waals surface area (Å²) in [5.74, 6) is -0.832. The smallest absolute Gasteiger partial charge is 0.306 e. The van der Waals surface area contributed by atoms with Crippen molar-refractivity contribution in [3.05, 3.63) is 12.2 Å². The molecule has 0 aliphatic rings. The summed E-state index contributed by atoms with van der Waals surface area (Å²) in [5, 5.41) is 0. The van der Waals surface area contributed by atoms with Crippen LogP contribution in [0, 0.1) is 0 Å². The molecule has 0 rings (SSSR count). The Kier molecular flexibility index (Phi) is 33.7. The number of rotatable bonds is 38. The Balaban J connectivity index is 4.34. The summed E-state index contributed by atoms with van der Waals surface area (Å²) in [5.41, 5.74) is 0. The van der Waals surface area contributed by atoms with E-state index < -0.39 is 26.5 Å². The van der Waals surface area contributed by atoms with E-state index in [1.807, 2.05) is 21.1 Å². The van der Waals surface area contributed by atoms with Crippen molar-refractivity contribution in [2.24, 2.45) is 0 Å². The van der Waals surface area contributed by atoms with Crippen molar-refractivity contribution in [2.45, 2.75) is 193 Å². The Labute approximate surface area is 314 Å². The number of phosphoric acid groups is 1. The van der Waals surface area contributed by atoms with Gasteiger partial charge in [0.25, 0.3) is 7.82 Å². The zero-order chi connectivity index (χ0) is 37.9. The SMILES string of the molecule is CCCCCC/C=C/CCCCCCCCCCCC(=O)O[C@H](COC(=O)CCCCCCCCCCCC)COP(=O)([O-])OCC[N+](C)(C)C. The molecular formula is C41H80NO8P. The van der Waals surface area contributed by atoms with E-state index in [4.69, 9.17) is 18.5 Å². The fourth-order valence-electron chi connectivity index (χ4n) is 5.71. The maximum absolute atomic E-state index is 12.6. The number of carbonyl (C=O) groups excluding carboxylic acids is 2. The Morgan fingerprint density at radius 3 is 1.47 bits per heavy atom. The molecule has 0 aromatic rings. The summed E-state index contributed by atoms with van der Waals surface area (Å²) in [4.78, 5) is 37.4. The van der Waals surface area contributed by atoms with Crippen LogP contribution in [0.5, 0.6) is 0 Å². The molecule has 0 aliphatic carbocycles. The van der Waals surface area contributed by atoms with Crippen LogP contribution in [0.15, 0.2) is 12.2 Å². The number of likely N-dealkylation sites (N-methyl/N-ethyl adjacent to an activating group) is 1. The van der Waals surface area contributed by atoms with Crippen LogP contribution in [0.2, 0.25) is 0 Å². The molecular weight excluding hydrogens is 665 g/mol. The van der Waals surface area contributed by atoms with Crippen LogP contribution in [0.1, 0.15) is 187 Å². The molecule has 51 heavy (non-hydrogen) atoms. The first kappa shape index (κ1) is 49.8. The number of unbranched alkanes of at least 4 members (excludes halogenated alkanes) is 22. The Hall–Kier alpha value is -1.25. The number of hydrogen-bond donors (Lipinski definition) is 0. The van der Waals surface area contributed by atoms with E-state index in [0.29, 0.717) is 17.4 Å². The first-order valence-corrected chi connectivity index (χ1v) is 22.4. The van der Waals surface area contributed by atoms with Crippen LogP contribution in [0.4, 0.5) is 0 Å². The van der Waals surface area contributed by atoms with Gasteiger partial charge in [-0.15, -0.1) is 0 Å². The molecule has 0 spiro atoms. The van der Waals surface area contributed by atoms with Gasteiger partial charge >= 0.3 is 11.9 Å². The summed E-state index contributed by atoms with van der Waals surface area (Å²) in [6.45, 7) is 4.21. The minimum atomic E-state index is -4.61. The summed E-state index contributed by atoms with van der Waals surface area (Å²) in [6, 6.07) is 0. The van der Waals surface area contributed by atoms with Crippen molar-refractivity contribution >= 4 is 19.8 Å². The Morgan fingerprint density at radius 1 is 0.588 bits per heavy atom. The van der Waals surface area contributed by atoms with Gasteiger partial charge in [-0.05, 0) is 38.5 Å². The van der Waals surface area contributed by atoms with Crippen LogP contribution in [-0.2, 0) is 32.7 Å². The first-order valence-electron chi connectivity index (χ1n) is 20.9. The van der Waals surface area contributed by atoms with E-state index in [1.54, 1.807) is 0 Å². The van der Waals surface area contributed by atoms with Gasteiger partial charge in [-0.2, -0.15) is 0 Å².